The minimum atomic E-state index is 0.557. The lowest BCUT2D eigenvalue weighted by Crippen LogP contribution is -2.06. The van der Waals surface area contributed by atoms with Gasteiger partial charge in [-0.1, -0.05) is 133 Å². The second-order valence-corrected chi connectivity index (χ2v) is 16.3. The van der Waals surface area contributed by atoms with Crippen molar-refractivity contribution < 1.29 is 0 Å². The molecule has 3 aromatic heterocycles. The van der Waals surface area contributed by atoms with E-state index in [-0.39, 0.29) is 0 Å². The molecule has 12 aromatic rings. The first-order valence-electron chi connectivity index (χ1n) is 21.7. The Morgan fingerprint density at radius 2 is 0.712 bits per heavy atom. The van der Waals surface area contributed by atoms with Crippen LogP contribution in [0.1, 0.15) is 11.1 Å². The fourth-order valence-corrected chi connectivity index (χ4v) is 9.24. The van der Waals surface area contributed by atoms with E-state index in [1.807, 2.05) is 109 Å². The number of hydrogen-bond donors (Lipinski definition) is 0. The lowest BCUT2D eigenvalue weighted by Gasteiger charge is -2.14. The van der Waals surface area contributed by atoms with Gasteiger partial charge in [-0.15, -0.1) is 0 Å². The molecule has 0 saturated heterocycles. The van der Waals surface area contributed by atoms with Gasteiger partial charge in [0.1, 0.15) is 0 Å². The summed E-state index contributed by atoms with van der Waals surface area (Å²) in [5.74, 6) is 1.78. The molecule has 66 heavy (non-hydrogen) atoms. The van der Waals surface area contributed by atoms with Crippen LogP contribution in [0.25, 0.3) is 111 Å². The Hall–Kier alpha value is -9.43. The van der Waals surface area contributed by atoms with Gasteiger partial charge >= 0.3 is 0 Å². The van der Waals surface area contributed by atoms with Gasteiger partial charge in [-0.3, -0.25) is 4.57 Å². The lowest BCUT2D eigenvalue weighted by molar-refractivity contribution is 0.953. The molecule has 7 nitrogen and oxygen atoms in total. The molecule has 0 bridgehead atoms. The van der Waals surface area contributed by atoms with Crippen LogP contribution in [-0.4, -0.2) is 24.1 Å². The number of para-hydroxylation sites is 2. The SMILES string of the molecule is N#Cc1ccc(-c2cc(-c3ccc(C#N)cc3)cc(-n3c4ccccc4c4cc(-c5ccc6c(c5)c5ccccc5n6-c5nc(-c6ccccc6)nc(-c6ccccc6)n5)ccc43)c2)cc1. The third kappa shape index (κ3) is 6.55. The first-order chi connectivity index (χ1) is 32.6. The largest absolute Gasteiger partial charge is 0.309 e. The van der Waals surface area contributed by atoms with Crippen molar-refractivity contribution in [1.29, 1.82) is 10.5 Å². The molecule has 0 aliphatic rings. The maximum atomic E-state index is 9.53. The van der Waals surface area contributed by atoms with Gasteiger partial charge in [0, 0.05) is 38.4 Å². The first-order valence-corrected chi connectivity index (χ1v) is 21.7. The van der Waals surface area contributed by atoms with Crippen LogP contribution in [0.5, 0.6) is 0 Å². The maximum absolute atomic E-state index is 9.53. The van der Waals surface area contributed by atoms with Crippen LogP contribution in [-0.2, 0) is 0 Å². The first kappa shape index (κ1) is 38.3. The second kappa shape index (κ2) is 15.7. The second-order valence-electron chi connectivity index (χ2n) is 16.3. The predicted molar refractivity (Wildman–Crippen MR) is 265 cm³/mol. The molecule has 0 fully saturated rings. The molecule has 0 saturated carbocycles. The van der Waals surface area contributed by atoms with Crippen LogP contribution in [0.2, 0.25) is 0 Å². The predicted octanol–water partition coefficient (Wildman–Crippen LogP) is 14.1. The summed E-state index contributed by atoms with van der Waals surface area (Å²) in [6, 6.07) is 77.1. The number of fused-ring (bicyclic) bond motifs is 6. The molecule has 0 aliphatic heterocycles. The normalized spacial score (nSPS) is 11.3. The number of nitrogens with zero attached hydrogens (tertiary/aromatic N) is 7. The zero-order valence-electron chi connectivity index (χ0n) is 35.3. The molecule has 306 valence electrons. The molecule has 0 radical (unpaired) electrons. The summed E-state index contributed by atoms with van der Waals surface area (Å²) < 4.78 is 4.50. The van der Waals surface area contributed by atoms with Crippen molar-refractivity contribution in [2.75, 3.05) is 0 Å². The van der Waals surface area contributed by atoms with E-state index in [9.17, 15) is 10.5 Å². The van der Waals surface area contributed by atoms with Gasteiger partial charge in [-0.2, -0.15) is 20.5 Å². The van der Waals surface area contributed by atoms with Crippen molar-refractivity contribution in [3.8, 4) is 79.9 Å². The highest BCUT2D eigenvalue weighted by Gasteiger charge is 2.20. The monoisotopic (exact) mass is 841 g/mol. The molecule has 3 heterocycles. The van der Waals surface area contributed by atoms with Crippen LogP contribution < -0.4 is 0 Å². The van der Waals surface area contributed by atoms with Crippen molar-refractivity contribution in [3.05, 3.63) is 223 Å². The summed E-state index contributed by atoms with van der Waals surface area (Å²) >= 11 is 0. The summed E-state index contributed by atoms with van der Waals surface area (Å²) in [7, 11) is 0. The maximum Gasteiger partial charge on any atom is 0.238 e. The molecule has 0 N–H and O–H groups in total. The Kier molecular flexibility index (Phi) is 9.12. The number of aromatic nitrogens is 5. The molecular weight excluding hydrogens is 807 g/mol. The average molecular weight is 842 g/mol. The third-order valence-corrected chi connectivity index (χ3v) is 12.4. The van der Waals surface area contributed by atoms with Crippen molar-refractivity contribution in [2.45, 2.75) is 0 Å². The van der Waals surface area contributed by atoms with E-state index in [1.165, 1.54) is 0 Å². The van der Waals surface area contributed by atoms with E-state index in [1.54, 1.807) is 0 Å². The summed E-state index contributed by atoms with van der Waals surface area (Å²) in [6.07, 6.45) is 0. The molecule has 7 heteroatoms. The summed E-state index contributed by atoms with van der Waals surface area (Å²) in [5.41, 5.74) is 14.5. The van der Waals surface area contributed by atoms with Crippen LogP contribution in [0, 0.1) is 22.7 Å². The van der Waals surface area contributed by atoms with E-state index in [4.69, 9.17) is 15.0 Å². The third-order valence-electron chi connectivity index (χ3n) is 12.4. The summed E-state index contributed by atoms with van der Waals surface area (Å²) in [6.45, 7) is 0. The Bertz CT molecular complexity index is 3790. The molecular formula is C59H35N7. The average Bonchev–Trinajstić information content (AvgIpc) is 3.91. The van der Waals surface area contributed by atoms with Crippen molar-refractivity contribution in [1.82, 2.24) is 24.1 Å². The minimum absolute atomic E-state index is 0.557. The number of nitriles is 2. The molecule has 0 aliphatic carbocycles. The van der Waals surface area contributed by atoms with Gasteiger partial charge in [-0.05, 0) is 112 Å². The fourth-order valence-electron chi connectivity index (χ4n) is 9.24. The zero-order chi connectivity index (χ0) is 44.1. The quantitative estimate of drug-likeness (QED) is 0.159. The Morgan fingerprint density at radius 3 is 1.20 bits per heavy atom. The van der Waals surface area contributed by atoms with Crippen molar-refractivity contribution in [2.24, 2.45) is 0 Å². The van der Waals surface area contributed by atoms with Gasteiger partial charge in [0.2, 0.25) is 5.95 Å². The van der Waals surface area contributed by atoms with Crippen LogP contribution in [0.3, 0.4) is 0 Å². The molecule has 12 rings (SSSR count). The van der Waals surface area contributed by atoms with Gasteiger partial charge in [-0.25, -0.2) is 4.98 Å². The Morgan fingerprint density at radius 1 is 0.303 bits per heavy atom. The zero-order valence-corrected chi connectivity index (χ0v) is 35.3. The fraction of sp³-hybridized carbons (Fsp3) is 0. The molecule has 0 spiro atoms. The number of hydrogen-bond acceptors (Lipinski definition) is 5. The Balaban J connectivity index is 1.01. The van der Waals surface area contributed by atoms with Crippen molar-refractivity contribution in [3.63, 3.8) is 0 Å². The number of rotatable bonds is 7. The summed E-state index contributed by atoms with van der Waals surface area (Å²) in [4.78, 5) is 15.2. The standard InChI is InChI=1S/C59H35N7/c60-36-38-19-23-40(24-20-38)46-31-47(41-25-21-39(37-61)22-26-41)33-48(32-46)65-53-17-9-7-15-49(53)51-34-44(27-29-55(51)65)45-28-30-56-52(35-45)50-16-8-10-18-54(50)66(56)59-63-57(42-11-3-1-4-12-42)62-58(64-59)43-13-5-2-6-14-43/h1-35H. The van der Waals surface area contributed by atoms with Crippen LogP contribution in [0.15, 0.2) is 212 Å². The van der Waals surface area contributed by atoms with E-state index < -0.39 is 0 Å². The molecule has 9 aromatic carbocycles. The van der Waals surface area contributed by atoms with Crippen LogP contribution >= 0.6 is 0 Å². The van der Waals surface area contributed by atoms with Gasteiger partial charge in [0.25, 0.3) is 0 Å². The van der Waals surface area contributed by atoms with Gasteiger partial charge in [0.05, 0.1) is 45.3 Å². The van der Waals surface area contributed by atoms with Crippen LogP contribution in [0.4, 0.5) is 0 Å². The highest BCUT2D eigenvalue weighted by molar-refractivity contribution is 6.12. The summed E-state index contributed by atoms with van der Waals surface area (Å²) in [5, 5.41) is 23.6. The molecule has 0 atom stereocenters. The highest BCUT2D eigenvalue weighted by Crippen LogP contribution is 2.40. The highest BCUT2D eigenvalue weighted by atomic mass is 15.2. The number of benzene rings is 9. The van der Waals surface area contributed by atoms with Gasteiger partial charge < -0.3 is 4.57 Å². The smallest absolute Gasteiger partial charge is 0.238 e. The Labute approximate surface area is 380 Å². The molecule has 0 amide bonds. The topological polar surface area (TPSA) is 96.1 Å². The lowest BCUT2D eigenvalue weighted by atomic mass is 9.96. The van der Waals surface area contributed by atoms with E-state index in [0.29, 0.717) is 28.7 Å². The molecule has 0 unspecified atom stereocenters. The minimum Gasteiger partial charge on any atom is -0.309 e. The van der Waals surface area contributed by atoms with E-state index >= 15 is 0 Å². The van der Waals surface area contributed by atoms with Crippen molar-refractivity contribution >= 4 is 43.6 Å². The van der Waals surface area contributed by atoms with E-state index in [0.717, 1.165) is 93.8 Å². The van der Waals surface area contributed by atoms with E-state index in [2.05, 4.69) is 124 Å². The van der Waals surface area contributed by atoms with Gasteiger partial charge in [0.15, 0.2) is 11.6 Å².